The van der Waals surface area contributed by atoms with Gasteiger partial charge in [-0.1, -0.05) is 42.1 Å². The average molecular weight is 371 g/mol. The third-order valence-corrected chi connectivity index (χ3v) is 5.12. The molecule has 7 heteroatoms. The fraction of sp³-hybridized carbons (Fsp3) is 0.263. The highest BCUT2D eigenvalue weighted by molar-refractivity contribution is 8.15. The number of carbonyl (C=O) groups excluding carboxylic acids is 1. The Hall–Kier alpha value is -2.67. The Morgan fingerprint density at radius 1 is 1.19 bits per heavy atom. The predicted molar refractivity (Wildman–Crippen MR) is 105 cm³/mol. The maximum atomic E-state index is 12.5. The van der Waals surface area contributed by atoms with Crippen LogP contribution in [0.4, 0.5) is 5.69 Å². The first-order chi connectivity index (χ1) is 12.5. The molecule has 2 N–H and O–H groups in total. The average Bonchev–Trinajstić information content (AvgIpc) is 3.04. The van der Waals surface area contributed by atoms with Crippen LogP contribution in [0.3, 0.4) is 0 Å². The van der Waals surface area contributed by atoms with E-state index in [2.05, 4.69) is 15.8 Å². The Balaban J connectivity index is 1.64. The molecule has 0 spiro atoms. The van der Waals surface area contributed by atoms with E-state index < -0.39 is 4.87 Å². The van der Waals surface area contributed by atoms with E-state index >= 15 is 0 Å². The Bertz CT molecular complexity index is 826. The number of thioether (sulfide) groups is 1. The van der Waals surface area contributed by atoms with Crippen molar-refractivity contribution < 1.29 is 14.3 Å². The normalized spacial score (nSPS) is 18.7. The van der Waals surface area contributed by atoms with E-state index in [1.807, 2.05) is 37.3 Å². The van der Waals surface area contributed by atoms with E-state index in [4.69, 9.17) is 9.47 Å². The van der Waals surface area contributed by atoms with Crippen LogP contribution in [0.25, 0.3) is 0 Å². The molecule has 3 rings (SSSR count). The van der Waals surface area contributed by atoms with Gasteiger partial charge in [-0.2, -0.15) is 5.10 Å². The van der Waals surface area contributed by atoms with Crippen LogP contribution >= 0.6 is 11.8 Å². The zero-order valence-electron chi connectivity index (χ0n) is 14.9. The van der Waals surface area contributed by atoms with Gasteiger partial charge in [0, 0.05) is 11.6 Å². The van der Waals surface area contributed by atoms with Gasteiger partial charge in [-0.15, -0.1) is 0 Å². The molecule has 1 aliphatic heterocycles. The number of benzene rings is 2. The van der Waals surface area contributed by atoms with Crippen molar-refractivity contribution in [3.63, 3.8) is 0 Å². The number of hydrazone groups is 1. The van der Waals surface area contributed by atoms with Crippen LogP contribution in [0.2, 0.25) is 0 Å². The summed E-state index contributed by atoms with van der Waals surface area (Å²) in [4.78, 5) is 12.0. The van der Waals surface area contributed by atoms with Gasteiger partial charge in [0.05, 0.1) is 26.3 Å². The quantitative estimate of drug-likeness (QED) is 0.814. The standard InChI is InChI=1S/C19H21N3O3S/c1-19(22-21-18(26-19)13-7-5-4-6-8-13)12-17(23)20-15-10-9-14(24-2)11-16(15)25-3/h4-11,22H,12H2,1-3H3,(H,20,23)/t19-/m0/s1. The number of hydrogen-bond donors (Lipinski definition) is 2. The maximum Gasteiger partial charge on any atom is 0.227 e. The zero-order valence-corrected chi connectivity index (χ0v) is 15.7. The van der Waals surface area contributed by atoms with Gasteiger partial charge in [0.1, 0.15) is 21.4 Å². The van der Waals surface area contributed by atoms with Crippen molar-refractivity contribution in [2.24, 2.45) is 5.10 Å². The van der Waals surface area contributed by atoms with Crippen molar-refractivity contribution in [3.8, 4) is 11.5 Å². The van der Waals surface area contributed by atoms with Gasteiger partial charge in [-0.25, -0.2) is 0 Å². The molecule has 0 bridgehead atoms. The molecule has 0 radical (unpaired) electrons. The Kier molecular flexibility index (Phi) is 5.37. The Morgan fingerprint density at radius 3 is 2.65 bits per heavy atom. The van der Waals surface area contributed by atoms with Crippen LogP contribution in [0.1, 0.15) is 18.9 Å². The van der Waals surface area contributed by atoms with Gasteiger partial charge in [-0.05, 0) is 19.1 Å². The lowest BCUT2D eigenvalue weighted by atomic mass is 10.2. The molecule has 6 nitrogen and oxygen atoms in total. The van der Waals surface area contributed by atoms with E-state index in [9.17, 15) is 4.79 Å². The monoisotopic (exact) mass is 371 g/mol. The van der Waals surface area contributed by atoms with Crippen molar-refractivity contribution in [1.29, 1.82) is 0 Å². The van der Waals surface area contributed by atoms with E-state index in [0.717, 1.165) is 10.6 Å². The van der Waals surface area contributed by atoms with E-state index in [-0.39, 0.29) is 12.3 Å². The van der Waals surface area contributed by atoms with E-state index in [1.54, 1.807) is 44.2 Å². The molecule has 0 aliphatic carbocycles. The lowest BCUT2D eigenvalue weighted by molar-refractivity contribution is -0.116. The third kappa shape index (κ3) is 4.11. The molecule has 0 fully saturated rings. The van der Waals surface area contributed by atoms with Gasteiger partial charge < -0.3 is 14.8 Å². The summed E-state index contributed by atoms with van der Waals surface area (Å²) in [6.45, 7) is 1.96. The van der Waals surface area contributed by atoms with Crippen LogP contribution in [0.15, 0.2) is 53.6 Å². The lowest BCUT2D eigenvalue weighted by Crippen LogP contribution is -2.36. The van der Waals surface area contributed by atoms with Gasteiger partial charge >= 0.3 is 0 Å². The van der Waals surface area contributed by atoms with Gasteiger partial charge in [-0.3, -0.25) is 10.2 Å². The highest BCUT2D eigenvalue weighted by atomic mass is 32.2. The summed E-state index contributed by atoms with van der Waals surface area (Å²) in [5.74, 6) is 1.09. The number of rotatable bonds is 6. The Labute approximate surface area is 157 Å². The molecule has 0 saturated carbocycles. The van der Waals surface area contributed by atoms with E-state index in [1.165, 1.54) is 0 Å². The van der Waals surface area contributed by atoms with Crippen molar-refractivity contribution in [2.45, 2.75) is 18.2 Å². The summed E-state index contributed by atoms with van der Waals surface area (Å²) < 4.78 is 10.5. The summed E-state index contributed by atoms with van der Waals surface area (Å²) in [6.07, 6.45) is 0.257. The minimum Gasteiger partial charge on any atom is -0.497 e. The molecule has 0 unspecified atom stereocenters. The summed E-state index contributed by atoms with van der Waals surface area (Å²) in [6, 6.07) is 15.2. The first-order valence-electron chi connectivity index (χ1n) is 8.14. The van der Waals surface area contributed by atoms with Crippen LogP contribution in [0.5, 0.6) is 11.5 Å². The second-order valence-electron chi connectivity index (χ2n) is 6.02. The number of amides is 1. The summed E-state index contributed by atoms with van der Waals surface area (Å²) in [7, 11) is 3.14. The fourth-order valence-electron chi connectivity index (χ4n) is 2.61. The summed E-state index contributed by atoms with van der Waals surface area (Å²) in [5, 5.41) is 8.16. The van der Waals surface area contributed by atoms with Crippen molar-refractivity contribution in [3.05, 3.63) is 54.1 Å². The van der Waals surface area contributed by atoms with Gasteiger partial charge in [0.2, 0.25) is 5.91 Å². The predicted octanol–water partition coefficient (Wildman–Crippen LogP) is 3.45. The minimum atomic E-state index is -0.505. The molecule has 0 aromatic heterocycles. The SMILES string of the molecule is COc1ccc(NC(=O)C[C@@]2(C)NN=C(c3ccccc3)S2)c(OC)c1. The maximum absolute atomic E-state index is 12.5. The largest absolute Gasteiger partial charge is 0.497 e. The second-order valence-corrected chi connectivity index (χ2v) is 7.51. The van der Waals surface area contributed by atoms with Crippen LogP contribution in [-0.2, 0) is 4.79 Å². The van der Waals surface area contributed by atoms with Crippen LogP contribution in [0, 0.1) is 0 Å². The number of hydrogen-bond acceptors (Lipinski definition) is 6. The highest BCUT2D eigenvalue weighted by Gasteiger charge is 2.35. The Morgan fingerprint density at radius 2 is 1.96 bits per heavy atom. The first kappa shape index (κ1) is 18.1. The minimum absolute atomic E-state index is 0.125. The molecule has 136 valence electrons. The summed E-state index contributed by atoms with van der Waals surface area (Å²) >= 11 is 1.55. The fourth-order valence-corrected chi connectivity index (χ4v) is 3.68. The molecule has 0 saturated heterocycles. The highest BCUT2D eigenvalue weighted by Crippen LogP contribution is 2.35. The van der Waals surface area contributed by atoms with Crippen LogP contribution in [-0.4, -0.2) is 30.0 Å². The number of anilines is 1. The second kappa shape index (κ2) is 7.70. The number of ether oxygens (including phenoxy) is 2. The van der Waals surface area contributed by atoms with Gasteiger partial charge in [0.15, 0.2) is 0 Å². The molecule has 1 aliphatic rings. The molecule has 2 aromatic carbocycles. The molecular formula is C19H21N3O3S. The van der Waals surface area contributed by atoms with E-state index in [0.29, 0.717) is 17.2 Å². The molecule has 2 aromatic rings. The lowest BCUT2D eigenvalue weighted by Gasteiger charge is -2.22. The number of nitrogens with one attached hydrogen (secondary N) is 2. The topological polar surface area (TPSA) is 72.0 Å². The number of methoxy groups -OCH3 is 2. The smallest absolute Gasteiger partial charge is 0.227 e. The third-order valence-electron chi connectivity index (χ3n) is 3.92. The first-order valence-corrected chi connectivity index (χ1v) is 8.96. The molecular weight excluding hydrogens is 350 g/mol. The molecule has 1 heterocycles. The zero-order chi connectivity index (χ0) is 18.6. The van der Waals surface area contributed by atoms with Crippen LogP contribution < -0.4 is 20.2 Å². The number of nitrogens with zero attached hydrogens (tertiary/aromatic N) is 1. The molecule has 1 amide bonds. The van der Waals surface area contributed by atoms with Crippen molar-refractivity contribution >= 4 is 28.4 Å². The molecule has 1 atom stereocenters. The number of carbonyl (C=O) groups is 1. The van der Waals surface area contributed by atoms with Crippen molar-refractivity contribution in [2.75, 3.05) is 19.5 Å². The molecule has 26 heavy (non-hydrogen) atoms. The van der Waals surface area contributed by atoms with Gasteiger partial charge in [0.25, 0.3) is 0 Å². The summed E-state index contributed by atoms with van der Waals surface area (Å²) in [5.41, 5.74) is 4.72. The van der Waals surface area contributed by atoms with Crippen molar-refractivity contribution in [1.82, 2.24) is 5.43 Å².